The van der Waals surface area contributed by atoms with Crippen molar-refractivity contribution in [1.82, 2.24) is 34.1 Å². The van der Waals surface area contributed by atoms with E-state index in [-0.39, 0.29) is 0 Å². The highest BCUT2D eigenvalue weighted by Gasteiger charge is 2.26. The zero-order valence-electron chi connectivity index (χ0n) is 34.4. The van der Waals surface area contributed by atoms with Crippen molar-refractivity contribution in [2.75, 3.05) is 0 Å². The van der Waals surface area contributed by atoms with Gasteiger partial charge in [-0.15, -0.1) is 31.7 Å². The molecule has 0 atom stereocenters. The minimum atomic E-state index is 0.780. The van der Waals surface area contributed by atoms with Crippen molar-refractivity contribution >= 4 is 33.1 Å². The lowest BCUT2D eigenvalue weighted by atomic mass is 10.1. The molecule has 0 aliphatic rings. The summed E-state index contributed by atoms with van der Waals surface area (Å²) in [6, 6.07) is 78.3. The highest BCUT2D eigenvalue weighted by atomic mass is 32.1. The Hall–Kier alpha value is -8.46. The van der Waals surface area contributed by atoms with Crippen molar-refractivity contribution in [2.45, 2.75) is 0 Å². The maximum atomic E-state index is 4.80. The van der Waals surface area contributed by atoms with E-state index in [0.29, 0.717) is 0 Å². The lowest BCUT2D eigenvalue weighted by Crippen LogP contribution is -2.01. The van der Waals surface area contributed by atoms with Gasteiger partial charge >= 0.3 is 0 Å². The van der Waals surface area contributed by atoms with Crippen molar-refractivity contribution in [1.29, 1.82) is 0 Å². The molecule has 12 aromatic rings. The number of nitrogens with zero attached hydrogens (tertiary/aromatic N) is 7. The Morgan fingerprint density at radius 1 is 0.297 bits per heavy atom. The summed E-state index contributed by atoms with van der Waals surface area (Å²) >= 11 is 1.82. The number of hydrogen-bond acceptors (Lipinski definition) is 5. The van der Waals surface area contributed by atoms with Gasteiger partial charge in [0.1, 0.15) is 0 Å². The fourth-order valence-corrected chi connectivity index (χ4v) is 10.1. The first kappa shape index (κ1) is 37.3. The number of benzene rings is 8. The molecule has 12 rings (SSSR count). The number of hydrogen-bond donors (Lipinski definition) is 0. The van der Waals surface area contributed by atoms with Gasteiger partial charge in [-0.3, -0.25) is 9.13 Å². The maximum absolute atomic E-state index is 4.80. The van der Waals surface area contributed by atoms with Gasteiger partial charge in [-0.1, -0.05) is 182 Å². The zero-order valence-corrected chi connectivity index (χ0v) is 35.2. The number of aromatic nitrogens is 7. The molecule has 4 heterocycles. The Kier molecular flexibility index (Phi) is 9.20. The first-order valence-electron chi connectivity index (χ1n) is 21.2. The monoisotopic (exact) mass is 839 g/mol. The second kappa shape index (κ2) is 15.8. The standard InChI is InChI=1S/C56H37N7S/c1-6-20-38(21-7-1)53-57-58-54(39-22-8-2-9-23-39)62(53)45-32-18-28-42(36-45)51-49-47-34-16-17-35-48(47)61(44-30-14-5-15-31-44)50(49)52(64-51)43-29-19-33-46(37-43)63-55(40-24-10-3-11-25-40)59-60-56(63)41-26-12-4-13-27-41/h1-37H. The van der Waals surface area contributed by atoms with Crippen molar-refractivity contribution in [2.24, 2.45) is 0 Å². The summed E-state index contributed by atoms with van der Waals surface area (Å²) in [6.07, 6.45) is 0. The fourth-order valence-electron chi connectivity index (χ4n) is 8.86. The van der Waals surface area contributed by atoms with E-state index in [9.17, 15) is 0 Å². The van der Waals surface area contributed by atoms with Gasteiger partial charge in [0.05, 0.1) is 15.9 Å². The Morgan fingerprint density at radius 3 is 1.11 bits per heavy atom. The molecule has 4 aromatic heterocycles. The van der Waals surface area contributed by atoms with Gasteiger partial charge < -0.3 is 4.57 Å². The lowest BCUT2D eigenvalue weighted by molar-refractivity contribution is 1.07. The molecule has 0 aliphatic heterocycles. The van der Waals surface area contributed by atoms with Crippen LogP contribution in [0.4, 0.5) is 0 Å². The predicted octanol–water partition coefficient (Wildman–Crippen LogP) is 14.0. The van der Waals surface area contributed by atoms with Gasteiger partial charge in [0, 0.05) is 55.0 Å². The van der Waals surface area contributed by atoms with E-state index in [1.807, 2.05) is 84.1 Å². The third kappa shape index (κ3) is 6.35. The predicted molar refractivity (Wildman–Crippen MR) is 261 cm³/mol. The van der Waals surface area contributed by atoms with Gasteiger partial charge in [0.2, 0.25) is 0 Å². The average Bonchev–Trinajstić information content (AvgIpc) is 4.18. The van der Waals surface area contributed by atoms with Crippen molar-refractivity contribution in [3.05, 3.63) is 224 Å². The molecular formula is C56H37N7S. The minimum Gasteiger partial charge on any atom is -0.308 e. The van der Waals surface area contributed by atoms with Crippen LogP contribution in [-0.4, -0.2) is 34.1 Å². The molecule has 7 nitrogen and oxygen atoms in total. The average molecular weight is 840 g/mol. The molecule has 8 heteroatoms. The number of fused-ring (bicyclic) bond motifs is 3. The van der Waals surface area contributed by atoms with Crippen molar-refractivity contribution < 1.29 is 0 Å². The summed E-state index contributed by atoms with van der Waals surface area (Å²) in [5.74, 6) is 3.12. The van der Waals surface area contributed by atoms with E-state index < -0.39 is 0 Å². The largest absolute Gasteiger partial charge is 0.308 e. The molecule has 0 aliphatic carbocycles. The van der Waals surface area contributed by atoms with E-state index in [1.165, 1.54) is 15.6 Å². The minimum absolute atomic E-state index is 0.780. The fraction of sp³-hybridized carbons (Fsp3) is 0. The first-order valence-corrected chi connectivity index (χ1v) is 22.1. The van der Waals surface area contributed by atoms with Crippen molar-refractivity contribution in [3.8, 4) is 83.5 Å². The van der Waals surface area contributed by atoms with Crippen LogP contribution in [0.5, 0.6) is 0 Å². The van der Waals surface area contributed by atoms with Crippen LogP contribution in [0.2, 0.25) is 0 Å². The SMILES string of the molecule is c1ccc(-c2nnc(-c3ccccc3)n2-c2cccc(-c3sc(-c4cccc(-n5c(-c6ccccc6)nnc5-c5ccccc5)c4)c4c3c3ccccc3n4-c3ccccc3)c2)cc1. The van der Waals surface area contributed by atoms with Crippen LogP contribution in [0.15, 0.2) is 224 Å². The van der Waals surface area contributed by atoms with Crippen LogP contribution in [0.1, 0.15) is 0 Å². The molecule has 0 amide bonds. The summed E-state index contributed by atoms with van der Waals surface area (Å²) in [5, 5.41) is 21.6. The Morgan fingerprint density at radius 2 is 0.656 bits per heavy atom. The number of rotatable bonds is 9. The van der Waals surface area contributed by atoms with E-state index in [4.69, 9.17) is 20.4 Å². The molecule has 0 spiro atoms. The molecule has 0 fully saturated rings. The smallest absolute Gasteiger partial charge is 0.168 e. The molecule has 8 aromatic carbocycles. The Bertz CT molecular complexity index is 3480. The third-order valence-electron chi connectivity index (χ3n) is 11.7. The summed E-state index contributed by atoms with van der Waals surface area (Å²) in [7, 11) is 0. The van der Waals surface area contributed by atoms with Crippen molar-refractivity contribution in [3.63, 3.8) is 0 Å². The molecule has 0 unspecified atom stereocenters. The van der Waals surface area contributed by atoms with Crippen LogP contribution in [0.3, 0.4) is 0 Å². The molecule has 0 bridgehead atoms. The number of para-hydroxylation sites is 2. The zero-order chi connectivity index (χ0) is 42.4. The van der Waals surface area contributed by atoms with E-state index >= 15 is 0 Å². The second-order valence-electron chi connectivity index (χ2n) is 15.6. The van der Waals surface area contributed by atoms with E-state index in [1.54, 1.807) is 0 Å². The third-order valence-corrected chi connectivity index (χ3v) is 13.0. The van der Waals surface area contributed by atoms with Gasteiger partial charge in [-0.25, -0.2) is 0 Å². The van der Waals surface area contributed by atoms with Crippen LogP contribution in [-0.2, 0) is 0 Å². The summed E-state index contributed by atoms with van der Waals surface area (Å²) < 4.78 is 6.80. The van der Waals surface area contributed by atoms with E-state index in [0.717, 1.165) is 89.7 Å². The lowest BCUT2D eigenvalue weighted by Gasteiger charge is -2.13. The Balaban J connectivity index is 1.11. The maximum Gasteiger partial charge on any atom is 0.168 e. The second-order valence-corrected chi connectivity index (χ2v) is 16.6. The van der Waals surface area contributed by atoms with Crippen LogP contribution in [0, 0.1) is 0 Å². The first-order chi connectivity index (χ1) is 31.8. The molecule has 0 saturated heterocycles. The molecule has 0 N–H and O–H groups in total. The van der Waals surface area contributed by atoms with E-state index in [2.05, 4.69) is 165 Å². The van der Waals surface area contributed by atoms with Crippen LogP contribution < -0.4 is 0 Å². The summed E-state index contributed by atoms with van der Waals surface area (Å²) in [5.41, 5.74) is 11.5. The number of thiophene rings is 1. The van der Waals surface area contributed by atoms with Crippen LogP contribution >= 0.6 is 11.3 Å². The van der Waals surface area contributed by atoms with Gasteiger partial charge in [-0.2, -0.15) is 0 Å². The Labute approximate surface area is 373 Å². The highest BCUT2D eigenvalue weighted by Crippen LogP contribution is 2.50. The highest BCUT2D eigenvalue weighted by molar-refractivity contribution is 7.21. The normalized spacial score (nSPS) is 11.4. The quantitative estimate of drug-likeness (QED) is 0.145. The van der Waals surface area contributed by atoms with Gasteiger partial charge in [0.15, 0.2) is 23.3 Å². The molecule has 64 heavy (non-hydrogen) atoms. The molecule has 302 valence electrons. The van der Waals surface area contributed by atoms with Gasteiger partial charge in [-0.05, 0) is 53.6 Å². The molecular weight excluding hydrogens is 803 g/mol. The molecule has 0 saturated carbocycles. The topological polar surface area (TPSA) is 66.3 Å². The molecule has 0 radical (unpaired) electrons. The summed E-state index contributed by atoms with van der Waals surface area (Å²) in [6.45, 7) is 0. The van der Waals surface area contributed by atoms with Crippen LogP contribution in [0.25, 0.3) is 105 Å². The van der Waals surface area contributed by atoms with Gasteiger partial charge in [0.25, 0.3) is 0 Å². The summed E-state index contributed by atoms with van der Waals surface area (Å²) in [4.78, 5) is 2.34.